The normalized spacial score (nSPS) is 11.8. The molecule has 0 amide bonds. The SMILES string of the molecule is CC(C)(C)Cn1cnc(-c2[nH]c(-c3c(Cl)cccc3Cl)nc2-c2ccccc2)c1. The molecule has 4 rings (SSSR count). The van der Waals surface area contributed by atoms with Gasteiger partial charge in [-0.15, -0.1) is 0 Å². The summed E-state index contributed by atoms with van der Waals surface area (Å²) in [6.07, 6.45) is 3.90. The molecule has 148 valence electrons. The van der Waals surface area contributed by atoms with Crippen LogP contribution in [-0.4, -0.2) is 19.5 Å². The molecule has 0 radical (unpaired) electrons. The Morgan fingerprint density at radius 1 is 0.966 bits per heavy atom. The second-order valence-electron chi connectivity index (χ2n) is 8.26. The zero-order valence-electron chi connectivity index (χ0n) is 16.6. The van der Waals surface area contributed by atoms with Gasteiger partial charge in [0.2, 0.25) is 0 Å². The summed E-state index contributed by atoms with van der Waals surface area (Å²) in [5.74, 6) is 0.625. The monoisotopic (exact) mass is 424 g/mol. The number of aromatic nitrogens is 4. The van der Waals surface area contributed by atoms with Crippen molar-refractivity contribution in [2.24, 2.45) is 5.41 Å². The molecule has 1 N–H and O–H groups in total. The van der Waals surface area contributed by atoms with Crippen LogP contribution in [0.3, 0.4) is 0 Å². The van der Waals surface area contributed by atoms with E-state index in [-0.39, 0.29) is 5.41 Å². The van der Waals surface area contributed by atoms with E-state index in [2.05, 4.69) is 35.3 Å². The quantitative estimate of drug-likeness (QED) is 0.384. The summed E-state index contributed by atoms with van der Waals surface area (Å²) in [6.45, 7) is 7.49. The van der Waals surface area contributed by atoms with Gasteiger partial charge in [-0.1, -0.05) is 80.4 Å². The Kier molecular flexibility index (Phi) is 5.24. The van der Waals surface area contributed by atoms with Crippen molar-refractivity contribution in [2.75, 3.05) is 0 Å². The van der Waals surface area contributed by atoms with E-state index in [0.29, 0.717) is 21.4 Å². The Bertz CT molecular complexity index is 1120. The Hall–Kier alpha value is -2.56. The molecule has 0 spiro atoms. The van der Waals surface area contributed by atoms with Gasteiger partial charge in [0.25, 0.3) is 0 Å². The Morgan fingerprint density at radius 3 is 2.31 bits per heavy atom. The van der Waals surface area contributed by atoms with E-state index in [4.69, 9.17) is 28.2 Å². The third-order valence-electron chi connectivity index (χ3n) is 4.50. The molecule has 0 saturated heterocycles. The number of nitrogens with one attached hydrogen (secondary N) is 1. The molecule has 0 aliphatic rings. The maximum Gasteiger partial charge on any atom is 0.141 e. The van der Waals surface area contributed by atoms with Crippen LogP contribution in [0.1, 0.15) is 20.8 Å². The summed E-state index contributed by atoms with van der Waals surface area (Å²) in [6, 6.07) is 15.5. The molecule has 4 aromatic rings. The molecular weight excluding hydrogens is 403 g/mol. The number of halogens is 2. The minimum Gasteiger partial charge on any atom is -0.336 e. The van der Waals surface area contributed by atoms with Gasteiger partial charge >= 0.3 is 0 Å². The van der Waals surface area contributed by atoms with Crippen LogP contribution in [0.2, 0.25) is 10.0 Å². The summed E-state index contributed by atoms with van der Waals surface area (Å²) in [5.41, 5.74) is 4.33. The Balaban J connectivity index is 1.86. The van der Waals surface area contributed by atoms with Crippen molar-refractivity contribution >= 4 is 23.2 Å². The number of nitrogens with zero attached hydrogens (tertiary/aromatic N) is 3. The molecule has 2 heterocycles. The van der Waals surface area contributed by atoms with Gasteiger partial charge in [0, 0.05) is 18.3 Å². The van der Waals surface area contributed by atoms with Gasteiger partial charge in [0.15, 0.2) is 0 Å². The predicted octanol–water partition coefficient (Wildman–Crippen LogP) is 6.96. The van der Waals surface area contributed by atoms with Crippen molar-refractivity contribution in [1.29, 1.82) is 0 Å². The molecule has 0 atom stereocenters. The van der Waals surface area contributed by atoms with E-state index in [0.717, 1.165) is 29.2 Å². The van der Waals surface area contributed by atoms with Crippen LogP contribution < -0.4 is 0 Å². The zero-order valence-corrected chi connectivity index (χ0v) is 18.1. The van der Waals surface area contributed by atoms with Crippen molar-refractivity contribution < 1.29 is 0 Å². The van der Waals surface area contributed by atoms with Gasteiger partial charge in [-0.2, -0.15) is 0 Å². The fraction of sp³-hybridized carbons (Fsp3) is 0.217. The third-order valence-corrected chi connectivity index (χ3v) is 5.13. The lowest BCUT2D eigenvalue weighted by molar-refractivity contribution is 0.343. The fourth-order valence-electron chi connectivity index (χ4n) is 3.33. The first-order valence-corrected chi connectivity index (χ1v) is 10.2. The highest BCUT2D eigenvalue weighted by molar-refractivity contribution is 6.39. The van der Waals surface area contributed by atoms with Gasteiger partial charge in [0.1, 0.15) is 11.5 Å². The van der Waals surface area contributed by atoms with Crippen molar-refractivity contribution in [3.05, 3.63) is 71.1 Å². The molecule has 4 nitrogen and oxygen atoms in total. The van der Waals surface area contributed by atoms with E-state index >= 15 is 0 Å². The van der Waals surface area contributed by atoms with Gasteiger partial charge in [-0.3, -0.25) is 0 Å². The summed E-state index contributed by atoms with van der Waals surface area (Å²) in [4.78, 5) is 12.9. The largest absolute Gasteiger partial charge is 0.336 e. The maximum atomic E-state index is 6.43. The molecule has 0 saturated carbocycles. The number of hydrogen-bond donors (Lipinski definition) is 1. The maximum absolute atomic E-state index is 6.43. The van der Waals surface area contributed by atoms with Crippen molar-refractivity contribution in [3.8, 4) is 34.0 Å². The van der Waals surface area contributed by atoms with Gasteiger partial charge < -0.3 is 9.55 Å². The minimum absolute atomic E-state index is 0.157. The van der Waals surface area contributed by atoms with Crippen molar-refractivity contribution in [1.82, 2.24) is 19.5 Å². The molecule has 2 aromatic carbocycles. The molecule has 0 aliphatic carbocycles. The zero-order chi connectivity index (χ0) is 20.6. The Labute approximate surface area is 180 Å². The van der Waals surface area contributed by atoms with Gasteiger partial charge in [-0.05, 0) is 17.5 Å². The molecule has 6 heteroatoms. The lowest BCUT2D eigenvalue weighted by Gasteiger charge is -2.18. The molecule has 29 heavy (non-hydrogen) atoms. The summed E-state index contributed by atoms with van der Waals surface area (Å²) < 4.78 is 2.10. The first kappa shape index (κ1) is 19.7. The average molecular weight is 425 g/mol. The molecule has 0 bridgehead atoms. The highest BCUT2D eigenvalue weighted by Gasteiger charge is 2.20. The second kappa shape index (κ2) is 7.69. The van der Waals surface area contributed by atoms with Crippen LogP contribution in [0.15, 0.2) is 61.1 Å². The first-order chi connectivity index (χ1) is 13.8. The number of benzene rings is 2. The lowest BCUT2D eigenvalue weighted by atomic mass is 9.97. The fourth-order valence-corrected chi connectivity index (χ4v) is 3.91. The minimum atomic E-state index is 0.157. The van der Waals surface area contributed by atoms with E-state index in [1.165, 1.54) is 0 Å². The number of aromatic amines is 1. The number of H-pyrrole nitrogens is 1. The van der Waals surface area contributed by atoms with Gasteiger partial charge in [-0.25, -0.2) is 9.97 Å². The van der Waals surface area contributed by atoms with Gasteiger partial charge in [0.05, 0.1) is 33.3 Å². The number of imidazole rings is 2. The smallest absolute Gasteiger partial charge is 0.141 e. The van der Waals surface area contributed by atoms with Crippen LogP contribution >= 0.6 is 23.2 Å². The van der Waals surface area contributed by atoms with Crippen LogP contribution in [0.4, 0.5) is 0 Å². The van der Waals surface area contributed by atoms with E-state index in [1.807, 2.05) is 61.1 Å². The number of rotatable bonds is 4. The molecule has 2 aromatic heterocycles. The summed E-state index contributed by atoms with van der Waals surface area (Å²) in [7, 11) is 0. The predicted molar refractivity (Wildman–Crippen MR) is 120 cm³/mol. The second-order valence-corrected chi connectivity index (χ2v) is 9.08. The first-order valence-electron chi connectivity index (χ1n) is 9.44. The summed E-state index contributed by atoms with van der Waals surface area (Å²) in [5, 5.41) is 1.10. The van der Waals surface area contributed by atoms with E-state index < -0.39 is 0 Å². The molecule has 0 unspecified atom stereocenters. The van der Waals surface area contributed by atoms with Crippen LogP contribution in [-0.2, 0) is 6.54 Å². The average Bonchev–Trinajstić information content (AvgIpc) is 3.28. The lowest BCUT2D eigenvalue weighted by Crippen LogP contribution is -2.13. The van der Waals surface area contributed by atoms with Crippen LogP contribution in [0.5, 0.6) is 0 Å². The van der Waals surface area contributed by atoms with E-state index in [9.17, 15) is 0 Å². The third kappa shape index (κ3) is 4.24. The molecule has 0 aliphatic heterocycles. The topological polar surface area (TPSA) is 46.5 Å². The van der Waals surface area contributed by atoms with Crippen molar-refractivity contribution in [2.45, 2.75) is 27.3 Å². The van der Waals surface area contributed by atoms with Crippen molar-refractivity contribution in [3.63, 3.8) is 0 Å². The van der Waals surface area contributed by atoms with E-state index in [1.54, 1.807) is 0 Å². The highest BCUT2D eigenvalue weighted by atomic mass is 35.5. The Morgan fingerprint density at radius 2 is 1.66 bits per heavy atom. The summed E-state index contributed by atoms with van der Waals surface area (Å²) >= 11 is 12.9. The van der Waals surface area contributed by atoms with Crippen LogP contribution in [0, 0.1) is 5.41 Å². The standard InChI is InChI=1S/C23H22Cl2N4/c1-23(2,3)13-29-12-18(26-14-29)21-20(15-8-5-4-6-9-15)27-22(28-21)19-16(24)10-7-11-17(19)25/h4-12,14H,13H2,1-3H3,(H,27,28). The highest BCUT2D eigenvalue weighted by Crippen LogP contribution is 2.37. The molecular formula is C23H22Cl2N4. The number of hydrogen-bond acceptors (Lipinski definition) is 2. The van der Waals surface area contributed by atoms with Crippen LogP contribution in [0.25, 0.3) is 34.0 Å². The molecule has 0 fully saturated rings.